The van der Waals surface area contributed by atoms with Gasteiger partial charge in [-0.15, -0.1) is 0 Å². The summed E-state index contributed by atoms with van der Waals surface area (Å²) < 4.78 is 1.63. The minimum Gasteiger partial charge on any atom is -0.322 e. The highest BCUT2D eigenvalue weighted by Crippen LogP contribution is 2.18. The Morgan fingerprint density at radius 1 is 1.47 bits per heavy atom. The Kier molecular flexibility index (Phi) is 3.90. The van der Waals surface area contributed by atoms with Gasteiger partial charge in [0.05, 0.1) is 5.92 Å². The van der Waals surface area contributed by atoms with Crippen LogP contribution in [0.15, 0.2) is 42.7 Å². The van der Waals surface area contributed by atoms with Gasteiger partial charge in [0.25, 0.3) is 0 Å². The number of nitrogens with one attached hydrogen (secondary N) is 1. The third-order valence-electron chi connectivity index (χ3n) is 2.86. The molecular weight excluding hydrogens is 242 g/mol. The van der Waals surface area contributed by atoms with Crippen LogP contribution in [0.5, 0.6) is 0 Å². The van der Waals surface area contributed by atoms with Gasteiger partial charge in [0.2, 0.25) is 11.7 Å². The number of benzene rings is 1. The first-order valence-corrected chi connectivity index (χ1v) is 5.73. The van der Waals surface area contributed by atoms with E-state index in [4.69, 9.17) is 11.1 Å². The molecule has 0 aliphatic heterocycles. The lowest BCUT2D eigenvalue weighted by Crippen LogP contribution is -2.36. The standard InChI is InChI=1S/C13H13N5O/c14-8-12-16-6-7-18(12)9-11(13(19)17-15)10-4-2-1-3-5-10/h1-7,11H,9,15H2,(H,17,19). The summed E-state index contributed by atoms with van der Waals surface area (Å²) >= 11 is 0. The van der Waals surface area contributed by atoms with E-state index in [1.165, 1.54) is 6.20 Å². The van der Waals surface area contributed by atoms with Crippen molar-refractivity contribution >= 4 is 5.91 Å². The summed E-state index contributed by atoms with van der Waals surface area (Å²) in [5.74, 6) is 4.72. The number of hydrazine groups is 1. The molecule has 2 rings (SSSR count). The van der Waals surface area contributed by atoms with Crippen LogP contribution < -0.4 is 11.3 Å². The van der Waals surface area contributed by atoms with E-state index in [0.717, 1.165) is 5.56 Å². The fourth-order valence-electron chi connectivity index (χ4n) is 1.89. The molecule has 0 aliphatic rings. The van der Waals surface area contributed by atoms with Crippen molar-refractivity contribution in [1.82, 2.24) is 15.0 Å². The average Bonchev–Trinajstić information content (AvgIpc) is 2.92. The molecular formula is C13H13N5O. The molecule has 6 heteroatoms. The number of hydrogen-bond donors (Lipinski definition) is 2. The Labute approximate surface area is 110 Å². The molecule has 1 atom stereocenters. The normalized spacial score (nSPS) is 11.6. The Bertz CT molecular complexity index is 599. The number of nitrogens with zero attached hydrogens (tertiary/aromatic N) is 3. The largest absolute Gasteiger partial charge is 0.322 e. The average molecular weight is 255 g/mol. The second-order valence-corrected chi connectivity index (χ2v) is 3.99. The topological polar surface area (TPSA) is 96.7 Å². The van der Waals surface area contributed by atoms with E-state index >= 15 is 0 Å². The zero-order valence-electron chi connectivity index (χ0n) is 10.2. The van der Waals surface area contributed by atoms with Crippen molar-refractivity contribution in [2.24, 2.45) is 5.84 Å². The highest BCUT2D eigenvalue weighted by molar-refractivity contribution is 5.83. The fourth-order valence-corrected chi connectivity index (χ4v) is 1.89. The Hall–Kier alpha value is -2.65. The third-order valence-corrected chi connectivity index (χ3v) is 2.86. The number of nitriles is 1. The van der Waals surface area contributed by atoms with Gasteiger partial charge in [0.15, 0.2) is 0 Å². The molecule has 1 heterocycles. The Balaban J connectivity index is 2.30. The molecule has 0 saturated carbocycles. The molecule has 96 valence electrons. The highest BCUT2D eigenvalue weighted by atomic mass is 16.2. The maximum absolute atomic E-state index is 11.9. The summed E-state index contributed by atoms with van der Waals surface area (Å²) in [7, 11) is 0. The predicted octanol–water partition coefficient (Wildman–Crippen LogP) is 0.528. The molecule has 0 fully saturated rings. The molecule has 2 aromatic rings. The van der Waals surface area contributed by atoms with Gasteiger partial charge in [-0.05, 0) is 5.56 Å². The van der Waals surface area contributed by atoms with Crippen molar-refractivity contribution in [2.45, 2.75) is 12.5 Å². The van der Waals surface area contributed by atoms with E-state index in [-0.39, 0.29) is 11.7 Å². The summed E-state index contributed by atoms with van der Waals surface area (Å²) in [5.41, 5.74) is 2.99. The fraction of sp³-hybridized carbons (Fsp3) is 0.154. The molecule has 3 N–H and O–H groups in total. The van der Waals surface area contributed by atoms with Crippen LogP contribution in [0.3, 0.4) is 0 Å². The Morgan fingerprint density at radius 3 is 2.84 bits per heavy atom. The summed E-state index contributed by atoms with van der Waals surface area (Å²) in [6, 6.07) is 11.3. The number of nitrogens with two attached hydrogens (primary N) is 1. The monoisotopic (exact) mass is 255 g/mol. The van der Waals surface area contributed by atoms with Crippen molar-refractivity contribution in [3.8, 4) is 6.07 Å². The molecule has 0 saturated heterocycles. The lowest BCUT2D eigenvalue weighted by Gasteiger charge is -2.16. The zero-order chi connectivity index (χ0) is 13.7. The number of imidazole rings is 1. The van der Waals surface area contributed by atoms with Gasteiger partial charge in [-0.25, -0.2) is 10.8 Å². The molecule has 1 aromatic heterocycles. The van der Waals surface area contributed by atoms with Crippen LogP contribution in [0.4, 0.5) is 0 Å². The molecule has 0 bridgehead atoms. The first-order valence-electron chi connectivity index (χ1n) is 5.73. The highest BCUT2D eigenvalue weighted by Gasteiger charge is 2.21. The Morgan fingerprint density at radius 2 is 2.21 bits per heavy atom. The first kappa shape index (κ1) is 12.8. The minimum absolute atomic E-state index is 0.269. The minimum atomic E-state index is -0.465. The number of hydrogen-bond acceptors (Lipinski definition) is 4. The molecule has 0 spiro atoms. The smallest absolute Gasteiger partial charge is 0.243 e. The summed E-state index contributed by atoms with van der Waals surface area (Å²) in [6.45, 7) is 0.315. The molecule has 0 radical (unpaired) electrons. The predicted molar refractivity (Wildman–Crippen MR) is 68.5 cm³/mol. The molecule has 6 nitrogen and oxygen atoms in total. The van der Waals surface area contributed by atoms with E-state index in [1.54, 1.807) is 10.8 Å². The molecule has 1 amide bonds. The molecule has 19 heavy (non-hydrogen) atoms. The second-order valence-electron chi connectivity index (χ2n) is 3.99. The van der Waals surface area contributed by atoms with E-state index in [0.29, 0.717) is 6.54 Å². The van der Waals surface area contributed by atoms with Gasteiger partial charge in [-0.3, -0.25) is 10.2 Å². The number of aromatic nitrogens is 2. The van der Waals surface area contributed by atoms with Crippen LogP contribution in [0, 0.1) is 11.3 Å². The summed E-state index contributed by atoms with van der Waals surface area (Å²) in [4.78, 5) is 15.8. The SMILES string of the molecule is N#Cc1nccn1CC(C(=O)NN)c1ccccc1. The van der Waals surface area contributed by atoms with Gasteiger partial charge in [-0.2, -0.15) is 5.26 Å². The number of carbonyl (C=O) groups excluding carboxylic acids is 1. The van der Waals surface area contributed by atoms with Crippen LogP contribution in [0.25, 0.3) is 0 Å². The lowest BCUT2D eigenvalue weighted by atomic mass is 9.98. The molecule has 1 aromatic carbocycles. The van der Waals surface area contributed by atoms with Crippen molar-refractivity contribution < 1.29 is 4.79 Å². The lowest BCUT2D eigenvalue weighted by molar-refractivity contribution is -0.122. The number of carbonyl (C=O) groups is 1. The van der Waals surface area contributed by atoms with Crippen LogP contribution in [0.1, 0.15) is 17.3 Å². The van der Waals surface area contributed by atoms with Gasteiger partial charge < -0.3 is 4.57 Å². The van der Waals surface area contributed by atoms with Crippen molar-refractivity contribution in [1.29, 1.82) is 5.26 Å². The van der Waals surface area contributed by atoms with Gasteiger partial charge in [-0.1, -0.05) is 30.3 Å². The van der Waals surface area contributed by atoms with Crippen molar-refractivity contribution in [2.75, 3.05) is 0 Å². The van der Waals surface area contributed by atoms with Crippen LogP contribution in [-0.4, -0.2) is 15.5 Å². The van der Waals surface area contributed by atoms with Crippen LogP contribution in [0.2, 0.25) is 0 Å². The quantitative estimate of drug-likeness (QED) is 0.473. The number of rotatable bonds is 4. The molecule has 1 unspecified atom stereocenters. The zero-order valence-corrected chi connectivity index (χ0v) is 10.2. The summed E-state index contributed by atoms with van der Waals surface area (Å²) in [6.07, 6.45) is 3.19. The maximum Gasteiger partial charge on any atom is 0.243 e. The molecule has 0 aliphatic carbocycles. The maximum atomic E-state index is 11.9. The van der Waals surface area contributed by atoms with Gasteiger partial charge in [0.1, 0.15) is 6.07 Å². The van der Waals surface area contributed by atoms with Gasteiger partial charge >= 0.3 is 0 Å². The second kappa shape index (κ2) is 5.80. The van der Waals surface area contributed by atoms with E-state index < -0.39 is 5.92 Å². The first-order chi connectivity index (χ1) is 9.26. The van der Waals surface area contributed by atoms with E-state index in [2.05, 4.69) is 10.4 Å². The van der Waals surface area contributed by atoms with Crippen molar-refractivity contribution in [3.63, 3.8) is 0 Å². The third kappa shape index (κ3) is 2.78. The van der Waals surface area contributed by atoms with E-state index in [9.17, 15) is 4.79 Å². The van der Waals surface area contributed by atoms with Gasteiger partial charge in [0, 0.05) is 18.9 Å². The van der Waals surface area contributed by atoms with E-state index in [1.807, 2.05) is 36.4 Å². The van der Waals surface area contributed by atoms with Crippen LogP contribution in [-0.2, 0) is 11.3 Å². The van der Waals surface area contributed by atoms with Crippen LogP contribution >= 0.6 is 0 Å². The number of amides is 1. The summed E-state index contributed by atoms with van der Waals surface area (Å²) in [5, 5.41) is 8.93. The van der Waals surface area contributed by atoms with Crippen molar-refractivity contribution in [3.05, 3.63) is 54.1 Å².